The van der Waals surface area contributed by atoms with Crippen LogP contribution in [-0.2, 0) is 23.8 Å². The van der Waals surface area contributed by atoms with E-state index < -0.39 is 18.1 Å². The standard InChI is InChI=1S/C71H110N4O8/c1-4-6-8-10-12-14-16-18-20-22-24-26-28-30-32-38-54-81-56-40-51-74(52-41-57-82-55-39-33-31-29-27-25-23-21-19-17-15-13-11-9-7-5-2)68(76)58-67(83-71(72)79)69(77)73-50-53-75(70(78)60-46-48-61(80-3)49-47-60)59-66-64-44-36-34-42-62(64)63-43-35-37-45-65(63)66/h18-21,34-37,42-49,66-67H,4-17,22-33,38-41,50-59H2,1-3H3,(H2,72,79)(H,73,77)/b20-18-,21-19-/t67-/m1/s1. The fourth-order valence-corrected chi connectivity index (χ4v) is 11.1. The number of nitrogens with one attached hydrogen (secondary N) is 1. The average Bonchev–Trinajstić information content (AvgIpc) is 4.04. The first-order valence-electron chi connectivity index (χ1n) is 32.9. The molecule has 0 aliphatic heterocycles. The molecule has 12 heteroatoms. The van der Waals surface area contributed by atoms with E-state index in [1.807, 2.05) is 24.3 Å². The fraction of sp³-hybridized carbons (Fsp3) is 0.634. The average molecular weight is 1150 g/mol. The molecule has 0 saturated heterocycles. The number of benzene rings is 3. The van der Waals surface area contributed by atoms with Crippen molar-refractivity contribution >= 4 is 23.8 Å². The zero-order chi connectivity index (χ0) is 59.2. The lowest BCUT2D eigenvalue weighted by atomic mass is 9.96. The molecule has 12 nitrogen and oxygen atoms in total. The summed E-state index contributed by atoms with van der Waals surface area (Å²) < 4.78 is 22.8. The van der Waals surface area contributed by atoms with Crippen LogP contribution < -0.4 is 15.8 Å². The largest absolute Gasteiger partial charge is 0.497 e. The van der Waals surface area contributed by atoms with E-state index in [-0.39, 0.29) is 37.2 Å². The van der Waals surface area contributed by atoms with Gasteiger partial charge in [0.15, 0.2) is 6.10 Å². The number of carbonyl (C=O) groups is 4. The first-order chi connectivity index (χ1) is 40.8. The molecule has 0 radical (unpaired) electrons. The second-order valence-corrected chi connectivity index (χ2v) is 22.8. The number of nitrogens with two attached hydrogens (primary N) is 1. The summed E-state index contributed by atoms with van der Waals surface area (Å²) in [6, 6.07) is 23.5. The van der Waals surface area contributed by atoms with Crippen molar-refractivity contribution in [2.45, 2.75) is 225 Å². The predicted molar refractivity (Wildman–Crippen MR) is 341 cm³/mol. The lowest BCUT2D eigenvalue weighted by Gasteiger charge is -2.28. The summed E-state index contributed by atoms with van der Waals surface area (Å²) in [5, 5.41) is 2.86. The van der Waals surface area contributed by atoms with Crippen molar-refractivity contribution in [3.63, 3.8) is 0 Å². The molecule has 0 aromatic heterocycles. The molecule has 0 spiro atoms. The third-order valence-corrected chi connectivity index (χ3v) is 16.0. The number of ether oxygens (including phenoxy) is 4. The minimum absolute atomic E-state index is 0.0376. The molecule has 3 aromatic carbocycles. The maximum Gasteiger partial charge on any atom is 0.405 e. The number of hydrogen-bond acceptors (Lipinski definition) is 8. The fourth-order valence-electron chi connectivity index (χ4n) is 11.1. The summed E-state index contributed by atoms with van der Waals surface area (Å²) in [5.41, 5.74) is 10.5. The van der Waals surface area contributed by atoms with E-state index >= 15 is 0 Å². The Balaban J connectivity index is 1.24. The van der Waals surface area contributed by atoms with Gasteiger partial charge in [0.1, 0.15) is 5.75 Å². The number of rotatable bonds is 51. The van der Waals surface area contributed by atoms with Crippen LogP contribution in [0.3, 0.4) is 0 Å². The molecule has 3 N–H and O–H groups in total. The number of nitrogens with zero attached hydrogens (tertiary/aromatic N) is 2. The number of allylic oxidation sites excluding steroid dienone is 4. The topological polar surface area (TPSA) is 150 Å². The van der Waals surface area contributed by atoms with Gasteiger partial charge in [-0.1, -0.05) is 202 Å². The van der Waals surface area contributed by atoms with Crippen LogP contribution >= 0.6 is 0 Å². The van der Waals surface area contributed by atoms with Gasteiger partial charge in [0.25, 0.3) is 11.8 Å². The van der Waals surface area contributed by atoms with E-state index in [4.69, 9.17) is 24.7 Å². The van der Waals surface area contributed by atoms with Gasteiger partial charge in [0, 0.05) is 70.6 Å². The van der Waals surface area contributed by atoms with Crippen LogP contribution in [0.1, 0.15) is 240 Å². The van der Waals surface area contributed by atoms with Crippen molar-refractivity contribution in [2.24, 2.45) is 5.73 Å². The molecule has 4 rings (SSSR count). The Labute approximate surface area is 502 Å². The minimum atomic E-state index is -1.47. The van der Waals surface area contributed by atoms with Crippen molar-refractivity contribution in [3.8, 4) is 16.9 Å². The third kappa shape index (κ3) is 30.3. The molecule has 0 saturated carbocycles. The van der Waals surface area contributed by atoms with Crippen molar-refractivity contribution in [3.05, 3.63) is 114 Å². The second-order valence-electron chi connectivity index (χ2n) is 22.8. The van der Waals surface area contributed by atoms with Crippen molar-refractivity contribution < 1.29 is 38.1 Å². The van der Waals surface area contributed by atoms with Crippen LogP contribution in [0.2, 0.25) is 0 Å². The number of amides is 4. The van der Waals surface area contributed by atoms with E-state index in [2.05, 4.69) is 67.7 Å². The Morgan fingerprint density at radius 2 is 0.940 bits per heavy atom. The summed E-state index contributed by atoms with van der Waals surface area (Å²) in [6.07, 6.45) is 42.9. The van der Waals surface area contributed by atoms with E-state index in [0.29, 0.717) is 70.2 Å². The molecule has 0 heterocycles. The molecule has 0 unspecified atom stereocenters. The first kappa shape index (κ1) is 70.0. The minimum Gasteiger partial charge on any atom is -0.497 e. The van der Waals surface area contributed by atoms with Crippen LogP contribution in [0.5, 0.6) is 5.75 Å². The van der Waals surface area contributed by atoms with Gasteiger partial charge in [0.05, 0.1) is 13.5 Å². The molecule has 0 fully saturated rings. The van der Waals surface area contributed by atoms with E-state index in [1.54, 1.807) is 41.2 Å². The highest BCUT2D eigenvalue weighted by Crippen LogP contribution is 2.45. The van der Waals surface area contributed by atoms with Gasteiger partial charge in [-0.3, -0.25) is 14.4 Å². The molecule has 462 valence electrons. The van der Waals surface area contributed by atoms with E-state index in [1.165, 1.54) is 154 Å². The highest BCUT2D eigenvalue weighted by atomic mass is 16.6. The van der Waals surface area contributed by atoms with Gasteiger partial charge < -0.3 is 39.8 Å². The van der Waals surface area contributed by atoms with E-state index in [9.17, 15) is 19.2 Å². The van der Waals surface area contributed by atoms with Crippen LogP contribution in [0, 0.1) is 0 Å². The molecule has 3 aromatic rings. The Hall–Kier alpha value is -5.46. The molecule has 4 amide bonds. The number of hydrogen-bond donors (Lipinski definition) is 2. The number of primary amides is 1. The van der Waals surface area contributed by atoms with Gasteiger partial charge in [-0.2, -0.15) is 0 Å². The monoisotopic (exact) mass is 1150 g/mol. The third-order valence-electron chi connectivity index (χ3n) is 16.0. The number of methoxy groups -OCH3 is 1. The van der Waals surface area contributed by atoms with Crippen LogP contribution in [-0.4, -0.2) is 106 Å². The van der Waals surface area contributed by atoms with Crippen LogP contribution in [0.4, 0.5) is 4.79 Å². The maximum atomic E-state index is 14.3. The van der Waals surface area contributed by atoms with Gasteiger partial charge in [-0.05, 0) is 124 Å². The normalized spacial score (nSPS) is 12.4. The van der Waals surface area contributed by atoms with Crippen LogP contribution in [0.15, 0.2) is 97.1 Å². The van der Waals surface area contributed by atoms with Gasteiger partial charge >= 0.3 is 6.09 Å². The SMILES string of the molecule is CCCCCCCC/C=C\CCCCCCCCOCCCN(CCCOCCCCCCCC/C=C\CCCCCCCC)C(=O)C[C@@H](OC(N)=O)C(=O)NCCN(CC1c2ccccc2-c2ccccc21)C(=O)c1ccc(OC)cc1. The highest BCUT2D eigenvalue weighted by molar-refractivity contribution is 5.95. The van der Waals surface area contributed by atoms with Gasteiger partial charge in [-0.25, -0.2) is 4.79 Å². The molecular weight excluding hydrogens is 1040 g/mol. The number of unbranched alkanes of at least 4 members (excludes halogenated alkanes) is 24. The second kappa shape index (κ2) is 45.9. The summed E-state index contributed by atoms with van der Waals surface area (Å²) in [5.74, 6) is -0.669. The van der Waals surface area contributed by atoms with Gasteiger partial charge in [-0.15, -0.1) is 0 Å². The lowest BCUT2D eigenvalue weighted by molar-refractivity contribution is -0.140. The zero-order valence-corrected chi connectivity index (χ0v) is 51.9. The number of fused-ring (bicyclic) bond motifs is 3. The Morgan fingerprint density at radius 3 is 1.39 bits per heavy atom. The van der Waals surface area contributed by atoms with Crippen molar-refractivity contribution in [1.29, 1.82) is 0 Å². The molecule has 1 aliphatic rings. The maximum absolute atomic E-state index is 14.3. The Morgan fingerprint density at radius 1 is 0.518 bits per heavy atom. The molecular formula is C71H110N4O8. The molecule has 0 bridgehead atoms. The number of carbonyl (C=O) groups excluding carboxylic acids is 4. The van der Waals surface area contributed by atoms with Crippen molar-refractivity contribution in [2.75, 3.05) is 66.3 Å². The highest BCUT2D eigenvalue weighted by Gasteiger charge is 2.32. The lowest BCUT2D eigenvalue weighted by Crippen LogP contribution is -2.46. The predicted octanol–water partition coefficient (Wildman–Crippen LogP) is 16.6. The molecule has 83 heavy (non-hydrogen) atoms. The first-order valence-corrected chi connectivity index (χ1v) is 32.9. The Bertz CT molecular complexity index is 2150. The summed E-state index contributed by atoms with van der Waals surface area (Å²) in [4.78, 5) is 58.1. The van der Waals surface area contributed by atoms with E-state index in [0.717, 1.165) is 47.9 Å². The summed E-state index contributed by atoms with van der Waals surface area (Å²) >= 11 is 0. The van der Waals surface area contributed by atoms with Crippen molar-refractivity contribution in [1.82, 2.24) is 15.1 Å². The van der Waals surface area contributed by atoms with Crippen LogP contribution in [0.25, 0.3) is 11.1 Å². The summed E-state index contributed by atoms with van der Waals surface area (Å²) in [7, 11) is 1.58. The molecule has 1 aliphatic carbocycles. The molecule has 1 atom stereocenters. The summed E-state index contributed by atoms with van der Waals surface area (Å²) in [6.45, 7) is 8.28. The Kier molecular flexibility index (Phi) is 38.7. The smallest absolute Gasteiger partial charge is 0.405 e. The van der Waals surface area contributed by atoms with Gasteiger partial charge in [0.2, 0.25) is 5.91 Å². The quantitative estimate of drug-likeness (QED) is 0.0419. The zero-order valence-electron chi connectivity index (χ0n) is 51.9.